The molecule has 1 heterocycles. The van der Waals surface area contributed by atoms with Crippen molar-refractivity contribution in [2.24, 2.45) is 5.73 Å². The molecule has 4 heteroatoms. The molecule has 2 atom stereocenters. The summed E-state index contributed by atoms with van der Waals surface area (Å²) in [6.07, 6.45) is 0.577. The molecule has 2 N–H and O–H groups in total. The van der Waals surface area contributed by atoms with E-state index in [0.29, 0.717) is 26.1 Å². The third kappa shape index (κ3) is 2.42. The molecule has 2 unspecified atom stereocenters. The largest absolute Gasteiger partial charge is 0.373 e. The van der Waals surface area contributed by atoms with Gasteiger partial charge < -0.3 is 15.4 Å². The number of rotatable bonds is 2. The third-order valence-electron chi connectivity index (χ3n) is 2.39. The van der Waals surface area contributed by atoms with Crippen LogP contribution in [0.5, 0.6) is 0 Å². The Hall–Kier alpha value is -0.610. The van der Waals surface area contributed by atoms with Gasteiger partial charge in [-0.05, 0) is 6.92 Å². The molecule has 0 aromatic rings. The van der Waals surface area contributed by atoms with Crippen molar-refractivity contribution in [2.75, 3.05) is 19.7 Å². The van der Waals surface area contributed by atoms with Gasteiger partial charge in [-0.2, -0.15) is 0 Å². The van der Waals surface area contributed by atoms with Crippen LogP contribution in [0.1, 0.15) is 20.3 Å². The zero-order chi connectivity index (χ0) is 9.84. The first-order valence-electron chi connectivity index (χ1n) is 4.80. The van der Waals surface area contributed by atoms with Crippen LogP contribution in [0.25, 0.3) is 0 Å². The summed E-state index contributed by atoms with van der Waals surface area (Å²) in [5.74, 6) is 0.189. The molecule has 13 heavy (non-hydrogen) atoms. The molecule has 1 aliphatic heterocycles. The second-order valence-corrected chi connectivity index (χ2v) is 3.44. The zero-order valence-electron chi connectivity index (χ0n) is 8.32. The topological polar surface area (TPSA) is 55.6 Å². The summed E-state index contributed by atoms with van der Waals surface area (Å²) in [7, 11) is 0. The van der Waals surface area contributed by atoms with Gasteiger partial charge in [-0.3, -0.25) is 4.79 Å². The smallest absolute Gasteiger partial charge is 0.222 e. The summed E-state index contributed by atoms with van der Waals surface area (Å²) in [6.45, 7) is 5.61. The van der Waals surface area contributed by atoms with Crippen molar-refractivity contribution in [2.45, 2.75) is 32.4 Å². The Labute approximate surface area is 79.0 Å². The average molecular weight is 186 g/mol. The van der Waals surface area contributed by atoms with Gasteiger partial charge in [0.05, 0.1) is 18.8 Å². The van der Waals surface area contributed by atoms with Crippen LogP contribution in [-0.2, 0) is 9.53 Å². The first-order valence-corrected chi connectivity index (χ1v) is 4.80. The summed E-state index contributed by atoms with van der Waals surface area (Å²) < 4.78 is 5.45. The van der Waals surface area contributed by atoms with Gasteiger partial charge in [0.2, 0.25) is 5.91 Å². The second kappa shape index (κ2) is 4.58. The molecule has 1 fully saturated rings. The number of carbonyl (C=O) groups is 1. The van der Waals surface area contributed by atoms with Crippen molar-refractivity contribution in [3.63, 3.8) is 0 Å². The van der Waals surface area contributed by atoms with Crippen LogP contribution in [0.3, 0.4) is 0 Å². The monoisotopic (exact) mass is 186 g/mol. The van der Waals surface area contributed by atoms with Crippen molar-refractivity contribution in [1.82, 2.24) is 4.90 Å². The summed E-state index contributed by atoms with van der Waals surface area (Å²) in [5, 5.41) is 0. The zero-order valence-corrected chi connectivity index (χ0v) is 8.32. The van der Waals surface area contributed by atoms with E-state index < -0.39 is 0 Å². The van der Waals surface area contributed by atoms with E-state index >= 15 is 0 Å². The van der Waals surface area contributed by atoms with Crippen molar-refractivity contribution in [3.8, 4) is 0 Å². The molecule has 0 saturated carbocycles. The van der Waals surface area contributed by atoms with Crippen LogP contribution < -0.4 is 5.73 Å². The lowest BCUT2D eigenvalue weighted by Gasteiger charge is -2.37. The number of ether oxygens (including phenoxy) is 1. The van der Waals surface area contributed by atoms with Gasteiger partial charge >= 0.3 is 0 Å². The Balaban J connectivity index is 2.54. The fraction of sp³-hybridized carbons (Fsp3) is 0.889. The molecule has 0 aromatic carbocycles. The number of hydrogen-bond acceptors (Lipinski definition) is 3. The van der Waals surface area contributed by atoms with Crippen molar-refractivity contribution in [3.05, 3.63) is 0 Å². The summed E-state index contributed by atoms with van der Waals surface area (Å²) in [4.78, 5) is 13.3. The van der Waals surface area contributed by atoms with Gasteiger partial charge in [0, 0.05) is 19.5 Å². The minimum Gasteiger partial charge on any atom is -0.373 e. The number of carbonyl (C=O) groups excluding carboxylic acids is 1. The third-order valence-corrected chi connectivity index (χ3v) is 2.39. The molecule has 0 radical (unpaired) electrons. The molecule has 0 bridgehead atoms. The molecule has 1 amide bonds. The first-order chi connectivity index (χ1) is 6.19. The molecule has 1 aliphatic rings. The maximum atomic E-state index is 11.5. The minimum absolute atomic E-state index is 0.0201. The highest BCUT2D eigenvalue weighted by Gasteiger charge is 2.27. The molecule has 1 saturated heterocycles. The SMILES string of the molecule is CCC(=O)N1CC(CN)OCC1C. The van der Waals surface area contributed by atoms with Crippen molar-refractivity contribution >= 4 is 5.91 Å². The van der Waals surface area contributed by atoms with Gasteiger partial charge in [0.15, 0.2) is 0 Å². The Kier molecular flexibility index (Phi) is 3.69. The highest BCUT2D eigenvalue weighted by molar-refractivity contribution is 5.76. The highest BCUT2D eigenvalue weighted by Crippen LogP contribution is 2.11. The predicted octanol–water partition coefficient (Wildman–Crippen LogP) is -0.0290. The first kappa shape index (κ1) is 10.5. The van der Waals surface area contributed by atoms with E-state index in [-0.39, 0.29) is 18.1 Å². The number of nitrogens with zero attached hydrogens (tertiary/aromatic N) is 1. The maximum absolute atomic E-state index is 11.5. The van der Waals surface area contributed by atoms with E-state index in [1.807, 2.05) is 18.7 Å². The van der Waals surface area contributed by atoms with Gasteiger partial charge in [-0.1, -0.05) is 6.92 Å². The van der Waals surface area contributed by atoms with Crippen LogP contribution in [0.4, 0.5) is 0 Å². The van der Waals surface area contributed by atoms with Gasteiger partial charge in [-0.15, -0.1) is 0 Å². The van der Waals surface area contributed by atoms with Gasteiger partial charge in [0.1, 0.15) is 0 Å². The lowest BCUT2D eigenvalue weighted by molar-refractivity contribution is -0.143. The summed E-state index contributed by atoms with van der Waals surface area (Å²) >= 11 is 0. The fourth-order valence-corrected chi connectivity index (χ4v) is 1.51. The van der Waals surface area contributed by atoms with Crippen LogP contribution >= 0.6 is 0 Å². The quantitative estimate of drug-likeness (QED) is 0.659. The van der Waals surface area contributed by atoms with Gasteiger partial charge in [0.25, 0.3) is 0 Å². The fourth-order valence-electron chi connectivity index (χ4n) is 1.51. The lowest BCUT2D eigenvalue weighted by atomic mass is 10.2. The maximum Gasteiger partial charge on any atom is 0.222 e. The molecule has 0 aliphatic carbocycles. The van der Waals surface area contributed by atoms with E-state index in [4.69, 9.17) is 10.5 Å². The van der Waals surface area contributed by atoms with Crippen molar-refractivity contribution in [1.29, 1.82) is 0 Å². The Morgan fingerprint density at radius 3 is 2.92 bits per heavy atom. The molecular formula is C9H18N2O2. The summed E-state index contributed by atoms with van der Waals surface area (Å²) in [6, 6.07) is 0.190. The molecule has 0 aromatic heterocycles. The molecule has 1 rings (SSSR count). The lowest BCUT2D eigenvalue weighted by Crippen LogP contribution is -2.52. The van der Waals surface area contributed by atoms with E-state index in [1.54, 1.807) is 0 Å². The number of hydrogen-bond donors (Lipinski definition) is 1. The Morgan fingerprint density at radius 2 is 2.38 bits per heavy atom. The number of amides is 1. The van der Waals surface area contributed by atoms with E-state index in [2.05, 4.69) is 0 Å². The van der Waals surface area contributed by atoms with Crippen LogP contribution in [0, 0.1) is 0 Å². The Morgan fingerprint density at radius 1 is 1.69 bits per heavy atom. The molecule has 76 valence electrons. The van der Waals surface area contributed by atoms with Crippen LogP contribution in [-0.4, -0.2) is 42.6 Å². The van der Waals surface area contributed by atoms with Crippen LogP contribution in [0.2, 0.25) is 0 Å². The van der Waals surface area contributed by atoms with E-state index in [0.717, 1.165) is 0 Å². The van der Waals surface area contributed by atoms with Crippen molar-refractivity contribution < 1.29 is 9.53 Å². The van der Waals surface area contributed by atoms with E-state index in [1.165, 1.54) is 0 Å². The Bertz CT molecular complexity index is 184. The molecule has 0 spiro atoms. The number of morpholine rings is 1. The normalized spacial score (nSPS) is 29.0. The van der Waals surface area contributed by atoms with Gasteiger partial charge in [-0.25, -0.2) is 0 Å². The predicted molar refractivity (Wildman–Crippen MR) is 50.3 cm³/mol. The number of nitrogens with two attached hydrogens (primary N) is 1. The highest BCUT2D eigenvalue weighted by atomic mass is 16.5. The average Bonchev–Trinajstić information content (AvgIpc) is 2.17. The van der Waals surface area contributed by atoms with E-state index in [9.17, 15) is 4.79 Å². The summed E-state index contributed by atoms with van der Waals surface area (Å²) in [5.41, 5.74) is 5.49. The second-order valence-electron chi connectivity index (χ2n) is 3.44. The van der Waals surface area contributed by atoms with Crippen LogP contribution in [0.15, 0.2) is 0 Å². The standard InChI is InChI=1S/C9H18N2O2/c1-3-9(12)11-5-8(4-10)13-6-7(11)2/h7-8H,3-6,10H2,1-2H3. The molecule has 4 nitrogen and oxygen atoms in total. The molecular weight excluding hydrogens is 168 g/mol. The minimum atomic E-state index is 0.0201.